The summed E-state index contributed by atoms with van der Waals surface area (Å²) in [6, 6.07) is 8.26. The lowest BCUT2D eigenvalue weighted by Crippen LogP contribution is -2.44. The summed E-state index contributed by atoms with van der Waals surface area (Å²) in [6.45, 7) is 7.65. The van der Waals surface area contributed by atoms with Gasteiger partial charge in [-0.3, -0.25) is 14.7 Å². The minimum Gasteiger partial charge on any atom is -0.467 e. The van der Waals surface area contributed by atoms with E-state index in [0.29, 0.717) is 17.0 Å². The van der Waals surface area contributed by atoms with Crippen molar-refractivity contribution in [1.82, 2.24) is 25.8 Å². The lowest BCUT2D eigenvalue weighted by molar-refractivity contribution is -0.144. The predicted molar refractivity (Wildman–Crippen MR) is 129 cm³/mol. The van der Waals surface area contributed by atoms with Crippen LogP contribution in [-0.2, 0) is 9.53 Å². The Kier molecular flexibility index (Phi) is 8.40. The number of aromatic nitrogens is 3. The number of nitrogens with zero attached hydrogens (tertiary/aromatic N) is 2. The van der Waals surface area contributed by atoms with Crippen LogP contribution in [0.4, 0.5) is 0 Å². The Morgan fingerprint density at radius 3 is 2.43 bits per heavy atom. The fourth-order valence-electron chi connectivity index (χ4n) is 3.51. The van der Waals surface area contributed by atoms with Gasteiger partial charge in [-0.25, -0.2) is 9.78 Å². The molecule has 1 atom stereocenters. The summed E-state index contributed by atoms with van der Waals surface area (Å²) < 4.78 is 10.4. The monoisotopic (exact) mass is 481 g/mol. The van der Waals surface area contributed by atoms with Crippen LogP contribution in [0.3, 0.4) is 0 Å². The molecule has 186 valence electrons. The van der Waals surface area contributed by atoms with Crippen molar-refractivity contribution < 1.29 is 23.5 Å². The number of nitrogens with one attached hydrogen (secondary N) is 3. The number of benzene rings is 1. The number of oxazole rings is 1. The van der Waals surface area contributed by atoms with E-state index in [2.05, 4.69) is 25.8 Å². The quantitative estimate of drug-likeness (QED) is 0.376. The van der Waals surface area contributed by atoms with Gasteiger partial charge in [-0.05, 0) is 37.0 Å². The molecule has 2 heterocycles. The van der Waals surface area contributed by atoms with Crippen LogP contribution in [0.15, 0.2) is 40.9 Å². The van der Waals surface area contributed by atoms with Gasteiger partial charge in [0.2, 0.25) is 11.7 Å². The van der Waals surface area contributed by atoms with Gasteiger partial charge in [0, 0.05) is 17.2 Å². The number of carbonyl (C=O) groups is 3. The molecule has 0 bridgehead atoms. The third-order valence-electron chi connectivity index (χ3n) is 5.69. The summed E-state index contributed by atoms with van der Waals surface area (Å²) in [6.07, 6.45) is 3.00. The van der Waals surface area contributed by atoms with Crippen molar-refractivity contribution in [2.24, 2.45) is 5.92 Å². The standard InChI is InChI=1S/C25H31N5O5/c1-6-17(7-2)27-22(31)19-12-18(29-30-19)15-9-8-10-16(11-15)24-26-13-20(35-24)23(32)28-21(14(3)4)25(33)34-5/h8-14,17,21H,6-7H2,1-5H3,(H,27,31)(H,28,32)(H,29,30)/t21-/m0/s1. The molecule has 0 aliphatic carbocycles. The first-order valence-corrected chi connectivity index (χ1v) is 11.6. The average molecular weight is 482 g/mol. The van der Waals surface area contributed by atoms with E-state index in [4.69, 9.17) is 9.15 Å². The zero-order chi connectivity index (χ0) is 25.5. The normalized spacial score (nSPS) is 12.0. The summed E-state index contributed by atoms with van der Waals surface area (Å²) in [5.74, 6) is -1.28. The van der Waals surface area contributed by atoms with Gasteiger partial charge >= 0.3 is 5.97 Å². The fraction of sp³-hybridized carbons (Fsp3) is 0.400. The van der Waals surface area contributed by atoms with Crippen LogP contribution in [0, 0.1) is 5.92 Å². The van der Waals surface area contributed by atoms with Gasteiger partial charge in [0.1, 0.15) is 6.04 Å². The Bertz CT molecular complexity index is 1180. The van der Waals surface area contributed by atoms with Crippen molar-refractivity contribution >= 4 is 17.8 Å². The molecule has 3 rings (SSSR count). The predicted octanol–water partition coefficient (Wildman–Crippen LogP) is 3.58. The molecule has 10 heteroatoms. The van der Waals surface area contributed by atoms with Gasteiger partial charge < -0.3 is 19.8 Å². The van der Waals surface area contributed by atoms with Gasteiger partial charge in [0.15, 0.2) is 5.69 Å². The number of hydrogen-bond acceptors (Lipinski definition) is 7. The topological polar surface area (TPSA) is 139 Å². The van der Waals surface area contributed by atoms with Gasteiger partial charge in [0.25, 0.3) is 11.8 Å². The zero-order valence-electron chi connectivity index (χ0n) is 20.5. The highest BCUT2D eigenvalue weighted by atomic mass is 16.5. The number of rotatable bonds is 10. The molecular formula is C25H31N5O5. The molecule has 35 heavy (non-hydrogen) atoms. The van der Waals surface area contributed by atoms with Crippen LogP contribution in [-0.4, -0.2) is 52.2 Å². The number of H-pyrrole nitrogens is 1. The molecule has 0 aliphatic heterocycles. The third-order valence-corrected chi connectivity index (χ3v) is 5.69. The van der Waals surface area contributed by atoms with Crippen molar-refractivity contribution in [2.45, 2.75) is 52.6 Å². The Hall–Kier alpha value is -3.95. The van der Waals surface area contributed by atoms with E-state index in [-0.39, 0.29) is 29.5 Å². The average Bonchev–Trinajstić information content (AvgIpc) is 3.55. The van der Waals surface area contributed by atoms with Crippen LogP contribution in [0.2, 0.25) is 0 Å². The first-order valence-electron chi connectivity index (χ1n) is 11.6. The molecule has 3 aromatic rings. The number of methoxy groups -OCH3 is 1. The van der Waals surface area contributed by atoms with Crippen molar-refractivity contribution in [3.8, 4) is 22.7 Å². The summed E-state index contributed by atoms with van der Waals surface area (Å²) >= 11 is 0. The number of aromatic amines is 1. The molecule has 1 aromatic carbocycles. The first kappa shape index (κ1) is 25.7. The lowest BCUT2D eigenvalue weighted by Gasteiger charge is -2.18. The summed E-state index contributed by atoms with van der Waals surface area (Å²) in [5, 5.41) is 12.6. The highest BCUT2D eigenvalue weighted by Crippen LogP contribution is 2.26. The summed E-state index contributed by atoms with van der Waals surface area (Å²) in [5.41, 5.74) is 2.36. The fourth-order valence-corrected chi connectivity index (χ4v) is 3.51. The molecule has 3 N–H and O–H groups in total. The van der Waals surface area contributed by atoms with Crippen LogP contribution in [0.1, 0.15) is 61.6 Å². The molecule has 0 radical (unpaired) electrons. The second-order valence-corrected chi connectivity index (χ2v) is 8.48. The number of hydrogen-bond donors (Lipinski definition) is 3. The van der Waals surface area contributed by atoms with Gasteiger partial charge in [0.05, 0.1) is 19.0 Å². The van der Waals surface area contributed by atoms with Crippen LogP contribution < -0.4 is 10.6 Å². The Morgan fingerprint density at radius 2 is 1.77 bits per heavy atom. The summed E-state index contributed by atoms with van der Waals surface area (Å²) in [7, 11) is 1.27. The Balaban J connectivity index is 1.76. The molecule has 2 amide bonds. The highest BCUT2D eigenvalue weighted by Gasteiger charge is 2.27. The minimum absolute atomic E-state index is 0.0261. The second kappa shape index (κ2) is 11.5. The molecule has 10 nitrogen and oxygen atoms in total. The molecule has 2 aromatic heterocycles. The summed E-state index contributed by atoms with van der Waals surface area (Å²) in [4.78, 5) is 41.2. The van der Waals surface area contributed by atoms with E-state index in [0.717, 1.165) is 18.4 Å². The zero-order valence-corrected chi connectivity index (χ0v) is 20.5. The van der Waals surface area contributed by atoms with E-state index in [1.165, 1.54) is 13.3 Å². The molecule has 0 unspecified atom stereocenters. The molecule has 0 saturated carbocycles. The maximum absolute atomic E-state index is 12.6. The van der Waals surface area contributed by atoms with Crippen LogP contribution in [0.25, 0.3) is 22.7 Å². The van der Waals surface area contributed by atoms with E-state index >= 15 is 0 Å². The third kappa shape index (κ3) is 6.14. The number of ether oxygens (including phenoxy) is 1. The first-order chi connectivity index (χ1) is 16.8. The van der Waals surface area contributed by atoms with E-state index < -0.39 is 17.9 Å². The minimum atomic E-state index is -0.805. The van der Waals surface area contributed by atoms with Crippen LogP contribution in [0.5, 0.6) is 0 Å². The SMILES string of the molecule is CCC(CC)NC(=O)c1cc(-c2cccc(-c3ncc(C(=O)N[C@H](C(=O)OC)C(C)C)o3)c2)[nH]n1. The largest absolute Gasteiger partial charge is 0.467 e. The van der Waals surface area contributed by atoms with E-state index in [9.17, 15) is 14.4 Å². The molecule has 0 saturated heterocycles. The van der Waals surface area contributed by atoms with Crippen molar-refractivity contribution in [2.75, 3.05) is 7.11 Å². The second-order valence-electron chi connectivity index (χ2n) is 8.48. The van der Waals surface area contributed by atoms with Crippen LogP contribution >= 0.6 is 0 Å². The maximum Gasteiger partial charge on any atom is 0.328 e. The van der Waals surface area contributed by atoms with Gasteiger partial charge in [-0.15, -0.1) is 0 Å². The highest BCUT2D eigenvalue weighted by molar-refractivity contribution is 5.95. The van der Waals surface area contributed by atoms with Crippen molar-refractivity contribution in [3.63, 3.8) is 0 Å². The molecular weight excluding hydrogens is 450 g/mol. The van der Waals surface area contributed by atoms with E-state index in [1.54, 1.807) is 26.0 Å². The molecule has 0 spiro atoms. The van der Waals surface area contributed by atoms with Gasteiger partial charge in [-0.2, -0.15) is 5.10 Å². The number of amides is 2. The lowest BCUT2D eigenvalue weighted by atomic mass is 10.0. The maximum atomic E-state index is 12.6. The molecule has 0 fully saturated rings. The molecule has 0 aliphatic rings. The van der Waals surface area contributed by atoms with Crippen molar-refractivity contribution in [3.05, 3.63) is 48.0 Å². The van der Waals surface area contributed by atoms with Gasteiger partial charge in [-0.1, -0.05) is 39.8 Å². The number of carbonyl (C=O) groups excluding carboxylic acids is 3. The Morgan fingerprint density at radius 1 is 1.06 bits per heavy atom. The van der Waals surface area contributed by atoms with Crippen molar-refractivity contribution in [1.29, 1.82) is 0 Å². The van der Waals surface area contributed by atoms with E-state index in [1.807, 2.05) is 32.0 Å². The number of esters is 1. The Labute approximate surface area is 203 Å². The smallest absolute Gasteiger partial charge is 0.328 e.